The number of nitrogens with one attached hydrogen (secondary N) is 2. The molecule has 2 nitrogen and oxygen atoms in total. The van der Waals surface area contributed by atoms with Gasteiger partial charge in [0.25, 0.3) is 0 Å². The maximum absolute atomic E-state index is 13.2. The lowest BCUT2D eigenvalue weighted by Gasteiger charge is -2.20. The third-order valence-electron chi connectivity index (χ3n) is 2.03. The molecule has 0 aromatic heterocycles. The zero-order valence-electron chi connectivity index (χ0n) is 9.90. The van der Waals surface area contributed by atoms with Gasteiger partial charge in [-0.25, -0.2) is 8.78 Å². The smallest absolute Gasteiger partial charge is 0.149 e. The number of rotatable bonds is 4. The first-order chi connectivity index (χ1) is 7.38. The van der Waals surface area contributed by atoms with Crippen molar-refractivity contribution in [2.75, 3.05) is 18.4 Å². The molecule has 4 heteroatoms. The van der Waals surface area contributed by atoms with Crippen molar-refractivity contribution in [2.45, 2.75) is 26.3 Å². The lowest BCUT2D eigenvalue weighted by Crippen LogP contribution is -2.38. The van der Waals surface area contributed by atoms with Crippen molar-refractivity contribution in [3.05, 3.63) is 29.8 Å². The normalized spacial score (nSPS) is 11.6. The fraction of sp³-hybridized carbons (Fsp3) is 0.500. The molecule has 1 aromatic rings. The molecule has 1 aromatic carbocycles. The molecular weight excluding hydrogens is 210 g/mol. The third kappa shape index (κ3) is 4.57. The second-order valence-corrected chi connectivity index (χ2v) is 4.73. The molecule has 0 saturated carbocycles. The van der Waals surface area contributed by atoms with E-state index in [2.05, 4.69) is 31.4 Å². The molecule has 0 aliphatic carbocycles. The number of hydrogen-bond donors (Lipinski definition) is 2. The van der Waals surface area contributed by atoms with Crippen LogP contribution in [0.3, 0.4) is 0 Å². The van der Waals surface area contributed by atoms with E-state index >= 15 is 0 Å². The van der Waals surface area contributed by atoms with Gasteiger partial charge in [0.1, 0.15) is 11.6 Å². The number of anilines is 1. The van der Waals surface area contributed by atoms with Crippen molar-refractivity contribution in [3.8, 4) is 0 Å². The largest absolute Gasteiger partial charge is 0.381 e. The van der Waals surface area contributed by atoms with Crippen molar-refractivity contribution in [1.29, 1.82) is 0 Å². The van der Waals surface area contributed by atoms with Gasteiger partial charge in [-0.1, -0.05) is 0 Å². The monoisotopic (exact) mass is 228 g/mol. The summed E-state index contributed by atoms with van der Waals surface area (Å²) in [6.45, 7) is 7.50. The highest BCUT2D eigenvalue weighted by molar-refractivity contribution is 5.44. The summed E-state index contributed by atoms with van der Waals surface area (Å²) < 4.78 is 25.8. The predicted molar refractivity (Wildman–Crippen MR) is 62.6 cm³/mol. The first-order valence-corrected chi connectivity index (χ1v) is 5.32. The Balaban J connectivity index is 2.38. The molecule has 0 bridgehead atoms. The Morgan fingerprint density at radius 1 is 1.12 bits per heavy atom. The Morgan fingerprint density at radius 2 is 1.81 bits per heavy atom. The maximum atomic E-state index is 13.2. The van der Waals surface area contributed by atoms with E-state index in [1.807, 2.05) is 0 Å². The first kappa shape index (κ1) is 12.9. The van der Waals surface area contributed by atoms with Gasteiger partial charge in [-0.05, 0) is 32.9 Å². The van der Waals surface area contributed by atoms with Crippen LogP contribution in [-0.4, -0.2) is 18.6 Å². The van der Waals surface area contributed by atoms with Gasteiger partial charge < -0.3 is 10.6 Å². The van der Waals surface area contributed by atoms with Crippen molar-refractivity contribution >= 4 is 5.69 Å². The molecule has 0 fully saturated rings. The molecular formula is C12H18F2N2. The van der Waals surface area contributed by atoms with Gasteiger partial charge in [0.2, 0.25) is 0 Å². The lowest BCUT2D eigenvalue weighted by atomic mass is 10.1. The quantitative estimate of drug-likeness (QED) is 0.774. The first-order valence-electron chi connectivity index (χ1n) is 5.32. The fourth-order valence-electron chi connectivity index (χ4n) is 1.27. The fourth-order valence-corrected chi connectivity index (χ4v) is 1.27. The summed E-state index contributed by atoms with van der Waals surface area (Å²) in [5.74, 6) is -1.12. The molecule has 0 aliphatic rings. The highest BCUT2D eigenvalue weighted by Gasteiger charge is 2.07. The van der Waals surface area contributed by atoms with Crippen molar-refractivity contribution in [1.82, 2.24) is 5.32 Å². The molecule has 0 saturated heterocycles. The van der Waals surface area contributed by atoms with Crippen LogP contribution in [0.15, 0.2) is 18.2 Å². The molecule has 1 rings (SSSR count). The van der Waals surface area contributed by atoms with Gasteiger partial charge in [-0.3, -0.25) is 0 Å². The summed E-state index contributed by atoms with van der Waals surface area (Å²) in [7, 11) is 0. The summed E-state index contributed by atoms with van der Waals surface area (Å²) in [6, 6.07) is 3.52. The second kappa shape index (κ2) is 5.25. The molecule has 0 amide bonds. The zero-order valence-corrected chi connectivity index (χ0v) is 9.90. The van der Waals surface area contributed by atoms with Crippen LogP contribution in [0.4, 0.5) is 14.5 Å². The molecule has 90 valence electrons. The van der Waals surface area contributed by atoms with E-state index in [0.29, 0.717) is 12.2 Å². The molecule has 0 atom stereocenters. The van der Waals surface area contributed by atoms with Crippen LogP contribution in [0.5, 0.6) is 0 Å². The van der Waals surface area contributed by atoms with Gasteiger partial charge in [0.05, 0.1) is 5.69 Å². The van der Waals surface area contributed by atoms with Crippen LogP contribution in [0.25, 0.3) is 0 Å². The third-order valence-corrected chi connectivity index (χ3v) is 2.03. The molecule has 0 spiro atoms. The summed E-state index contributed by atoms with van der Waals surface area (Å²) >= 11 is 0. The molecule has 0 unspecified atom stereocenters. The van der Waals surface area contributed by atoms with Gasteiger partial charge in [0, 0.05) is 24.7 Å². The van der Waals surface area contributed by atoms with Crippen molar-refractivity contribution in [2.24, 2.45) is 0 Å². The van der Waals surface area contributed by atoms with Crippen LogP contribution in [-0.2, 0) is 0 Å². The van der Waals surface area contributed by atoms with Crippen molar-refractivity contribution < 1.29 is 8.78 Å². The van der Waals surface area contributed by atoms with Gasteiger partial charge >= 0.3 is 0 Å². The number of benzene rings is 1. The Labute approximate surface area is 95.1 Å². The highest BCUT2D eigenvalue weighted by atomic mass is 19.1. The Morgan fingerprint density at radius 3 is 2.38 bits per heavy atom. The SMILES string of the molecule is CC(C)(C)NCCNc1ccc(F)cc1F. The minimum atomic E-state index is -0.559. The minimum Gasteiger partial charge on any atom is -0.381 e. The summed E-state index contributed by atoms with van der Waals surface area (Å²) in [5, 5.41) is 6.17. The van der Waals surface area contributed by atoms with E-state index in [4.69, 9.17) is 0 Å². The Hall–Kier alpha value is -1.16. The molecule has 0 heterocycles. The Kier molecular flexibility index (Phi) is 4.24. The average Bonchev–Trinajstić information content (AvgIpc) is 2.13. The number of halogens is 2. The topological polar surface area (TPSA) is 24.1 Å². The summed E-state index contributed by atoms with van der Waals surface area (Å²) in [4.78, 5) is 0. The van der Waals surface area contributed by atoms with Gasteiger partial charge in [0.15, 0.2) is 0 Å². The molecule has 16 heavy (non-hydrogen) atoms. The van der Waals surface area contributed by atoms with E-state index in [-0.39, 0.29) is 5.54 Å². The highest BCUT2D eigenvalue weighted by Crippen LogP contribution is 2.14. The van der Waals surface area contributed by atoms with Crippen LogP contribution in [0, 0.1) is 11.6 Å². The average molecular weight is 228 g/mol. The van der Waals surface area contributed by atoms with E-state index in [1.54, 1.807) is 0 Å². The van der Waals surface area contributed by atoms with Crippen LogP contribution >= 0.6 is 0 Å². The number of hydrogen-bond acceptors (Lipinski definition) is 2. The van der Waals surface area contributed by atoms with E-state index in [9.17, 15) is 8.78 Å². The summed E-state index contributed by atoms with van der Waals surface area (Å²) in [5.41, 5.74) is 0.375. The van der Waals surface area contributed by atoms with Crippen LogP contribution < -0.4 is 10.6 Å². The van der Waals surface area contributed by atoms with Crippen LogP contribution in [0.1, 0.15) is 20.8 Å². The van der Waals surface area contributed by atoms with Crippen molar-refractivity contribution in [3.63, 3.8) is 0 Å². The van der Waals surface area contributed by atoms with E-state index in [1.165, 1.54) is 12.1 Å². The lowest BCUT2D eigenvalue weighted by molar-refractivity contribution is 0.435. The standard InChI is InChI=1S/C12H18F2N2/c1-12(2,3)16-7-6-15-11-5-4-9(13)8-10(11)14/h4-5,8,15-16H,6-7H2,1-3H3. The van der Waals surface area contributed by atoms with E-state index in [0.717, 1.165) is 12.6 Å². The summed E-state index contributed by atoms with van der Waals surface area (Å²) in [6.07, 6.45) is 0. The Bertz CT molecular complexity index is 345. The molecule has 0 aliphatic heterocycles. The second-order valence-electron chi connectivity index (χ2n) is 4.73. The minimum absolute atomic E-state index is 0.0447. The predicted octanol–water partition coefficient (Wildman–Crippen LogP) is 2.76. The van der Waals surface area contributed by atoms with Gasteiger partial charge in [-0.15, -0.1) is 0 Å². The molecule has 2 N–H and O–H groups in total. The van der Waals surface area contributed by atoms with E-state index < -0.39 is 11.6 Å². The van der Waals surface area contributed by atoms with Gasteiger partial charge in [-0.2, -0.15) is 0 Å². The zero-order chi connectivity index (χ0) is 12.2. The van der Waals surface area contributed by atoms with Crippen LogP contribution in [0.2, 0.25) is 0 Å². The maximum Gasteiger partial charge on any atom is 0.149 e. The molecule has 0 radical (unpaired) electrons.